The molecule has 0 bridgehead atoms. The molecule has 1 amide bonds. The van der Waals surface area contributed by atoms with E-state index in [0.717, 1.165) is 0 Å². The van der Waals surface area contributed by atoms with Crippen LogP contribution in [0.4, 0.5) is 11.4 Å². The summed E-state index contributed by atoms with van der Waals surface area (Å²) < 4.78 is 27.7. The molecule has 0 spiro atoms. The van der Waals surface area contributed by atoms with E-state index in [-0.39, 0.29) is 10.8 Å². The standard InChI is InChI=1S/C20H16Cl2N2O3S/c1-13-12-16(28(26,27)24-19-5-3-2-4-17(19)22)10-11-18(13)23-20(25)14-6-8-15(21)9-7-14/h2-12,24H,1H3,(H,23,25). The fourth-order valence-electron chi connectivity index (χ4n) is 2.49. The molecule has 3 rings (SSSR count). The highest BCUT2D eigenvalue weighted by Gasteiger charge is 2.17. The number of para-hydroxylation sites is 1. The molecule has 0 atom stereocenters. The number of halogens is 2. The maximum atomic E-state index is 12.6. The van der Waals surface area contributed by atoms with E-state index in [1.165, 1.54) is 12.1 Å². The first kappa shape index (κ1) is 20.2. The molecule has 0 heterocycles. The van der Waals surface area contributed by atoms with Crippen LogP contribution in [0.1, 0.15) is 15.9 Å². The quantitative estimate of drug-likeness (QED) is 0.567. The minimum Gasteiger partial charge on any atom is -0.322 e. The minimum atomic E-state index is -3.82. The highest BCUT2D eigenvalue weighted by atomic mass is 35.5. The normalized spacial score (nSPS) is 11.1. The van der Waals surface area contributed by atoms with E-state index in [1.807, 2.05) is 0 Å². The highest BCUT2D eigenvalue weighted by Crippen LogP contribution is 2.26. The van der Waals surface area contributed by atoms with Crippen LogP contribution in [0.15, 0.2) is 71.6 Å². The summed E-state index contributed by atoms with van der Waals surface area (Å²) in [5, 5.41) is 3.60. The van der Waals surface area contributed by atoms with Gasteiger partial charge in [-0.25, -0.2) is 8.42 Å². The van der Waals surface area contributed by atoms with Crippen LogP contribution < -0.4 is 10.0 Å². The first-order chi connectivity index (χ1) is 13.3. The number of carbonyl (C=O) groups excluding carboxylic acids is 1. The van der Waals surface area contributed by atoms with E-state index in [9.17, 15) is 13.2 Å². The van der Waals surface area contributed by atoms with Crippen LogP contribution in [0.3, 0.4) is 0 Å². The van der Waals surface area contributed by atoms with Crippen LogP contribution in [0.5, 0.6) is 0 Å². The predicted octanol–water partition coefficient (Wildman–Crippen LogP) is 5.35. The molecular weight excluding hydrogens is 419 g/mol. The molecule has 8 heteroatoms. The first-order valence-electron chi connectivity index (χ1n) is 8.21. The van der Waals surface area contributed by atoms with Crippen molar-refractivity contribution in [3.63, 3.8) is 0 Å². The Morgan fingerprint density at radius 3 is 2.21 bits per heavy atom. The lowest BCUT2D eigenvalue weighted by atomic mass is 10.1. The van der Waals surface area contributed by atoms with Gasteiger partial charge >= 0.3 is 0 Å². The average molecular weight is 435 g/mol. The summed E-state index contributed by atoms with van der Waals surface area (Å²) >= 11 is 11.8. The van der Waals surface area contributed by atoms with Gasteiger partial charge in [0.1, 0.15) is 0 Å². The smallest absolute Gasteiger partial charge is 0.261 e. The molecule has 0 aliphatic carbocycles. The number of aryl methyl sites for hydroxylation is 1. The average Bonchev–Trinajstić information content (AvgIpc) is 2.65. The molecule has 0 aliphatic rings. The number of hydrogen-bond donors (Lipinski definition) is 2. The Balaban J connectivity index is 1.80. The van der Waals surface area contributed by atoms with E-state index in [1.54, 1.807) is 61.5 Å². The molecule has 3 aromatic rings. The van der Waals surface area contributed by atoms with Gasteiger partial charge in [0.15, 0.2) is 0 Å². The molecule has 5 nitrogen and oxygen atoms in total. The number of benzene rings is 3. The molecular formula is C20H16Cl2N2O3S. The zero-order chi connectivity index (χ0) is 20.3. The fourth-order valence-corrected chi connectivity index (χ4v) is 4.02. The van der Waals surface area contributed by atoms with Crippen molar-refractivity contribution < 1.29 is 13.2 Å². The van der Waals surface area contributed by atoms with Crippen LogP contribution in [0, 0.1) is 6.92 Å². The summed E-state index contributed by atoms with van der Waals surface area (Å²) in [5.74, 6) is -0.315. The van der Waals surface area contributed by atoms with Gasteiger partial charge in [-0.2, -0.15) is 0 Å². The molecule has 0 aromatic heterocycles. The summed E-state index contributed by atoms with van der Waals surface area (Å²) in [7, 11) is -3.82. The largest absolute Gasteiger partial charge is 0.322 e. The van der Waals surface area contributed by atoms with Crippen LogP contribution in [0.25, 0.3) is 0 Å². The summed E-state index contributed by atoms with van der Waals surface area (Å²) in [6.45, 7) is 1.71. The molecule has 0 fully saturated rings. The fraction of sp³-hybridized carbons (Fsp3) is 0.0500. The van der Waals surface area contributed by atoms with E-state index in [0.29, 0.717) is 32.5 Å². The van der Waals surface area contributed by atoms with Crippen molar-refractivity contribution in [1.29, 1.82) is 0 Å². The number of hydrogen-bond acceptors (Lipinski definition) is 3. The second-order valence-corrected chi connectivity index (χ2v) is 8.55. The van der Waals surface area contributed by atoms with Gasteiger partial charge in [0.25, 0.3) is 15.9 Å². The van der Waals surface area contributed by atoms with Crippen molar-refractivity contribution in [2.24, 2.45) is 0 Å². The molecule has 0 unspecified atom stereocenters. The topological polar surface area (TPSA) is 75.3 Å². The van der Waals surface area contributed by atoms with Gasteiger partial charge in [-0.15, -0.1) is 0 Å². The highest BCUT2D eigenvalue weighted by molar-refractivity contribution is 7.92. The lowest BCUT2D eigenvalue weighted by Crippen LogP contribution is -2.15. The number of rotatable bonds is 5. The monoisotopic (exact) mass is 434 g/mol. The third-order valence-electron chi connectivity index (χ3n) is 3.98. The molecule has 2 N–H and O–H groups in total. The van der Waals surface area contributed by atoms with Crippen molar-refractivity contribution in [3.05, 3.63) is 87.9 Å². The van der Waals surface area contributed by atoms with Crippen molar-refractivity contribution in [2.75, 3.05) is 10.0 Å². The van der Waals surface area contributed by atoms with Crippen LogP contribution in [-0.4, -0.2) is 14.3 Å². The number of nitrogens with one attached hydrogen (secondary N) is 2. The van der Waals surface area contributed by atoms with Gasteiger partial charge < -0.3 is 5.32 Å². The third-order valence-corrected chi connectivity index (χ3v) is 5.93. The lowest BCUT2D eigenvalue weighted by Gasteiger charge is -2.13. The van der Waals surface area contributed by atoms with E-state index >= 15 is 0 Å². The van der Waals surface area contributed by atoms with Crippen molar-refractivity contribution in [3.8, 4) is 0 Å². The van der Waals surface area contributed by atoms with Crippen molar-refractivity contribution >= 4 is 50.5 Å². The van der Waals surface area contributed by atoms with Crippen LogP contribution in [0.2, 0.25) is 10.0 Å². The molecule has 0 radical (unpaired) electrons. The Hall–Kier alpha value is -2.54. The minimum absolute atomic E-state index is 0.0643. The Morgan fingerprint density at radius 2 is 1.57 bits per heavy atom. The zero-order valence-electron chi connectivity index (χ0n) is 14.7. The third kappa shape index (κ3) is 4.65. The molecule has 3 aromatic carbocycles. The van der Waals surface area contributed by atoms with E-state index < -0.39 is 10.0 Å². The first-order valence-corrected chi connectivity index (χ1v) is 10.4. The second-order valence-electron chi connectivity index (χ2n) is 6.02. The molecule has 0 saturated carbocycles. The predicted molar refractivity (Wildman–Crippen MR) is 113 cm³/mol. The van der Waals surface area contributed by atoms with Crippen molar-refractivity contribution in [1.82, 2.24) is 0 Å². The molecule has 144 valence electrons. The van der Waals surface area contributed by atoms with Gasteiger partial charge in [0.2, 0.25) is 0 Å². The molecule has 0 saturated heterocycles. The zero-order valence-corrected chi connectivity index (χ0v) is 17.1. The summed E-state index contributed by atoms with van der Waals surface area (Å²) in [5.41, 5.74) is 1.85. The summed E-state index contributed by atoms with van der Waals surface area (Å²) in [6.07, 6.45) is 0. The van der Waals surface area contributed by atoms with E-state index in [4.69, 9.17) is 23.2 Å². The maximum absolute atomic E-state index is 12.6. The van der Waals surface area contributed by atoms with Gasteiger partial charge in [0, 0.05) is 16.3 Å². The Labute approximate surface area is 173 Å². The van der Waals surface area contributed by atoms with Crippen LogP contribution in [-0.2, 0) is 10.0 Å². The number of amides is 1. The SMILES string of the molecule is Cc1cc(S(=O)(=O)Nc2ccccc2Cl)ccc1NC(=O)c1ccc(Cl)cc1. The van der Waals surface area contributed by atoms with Gasteiger partial charge in [-0.3, -0.25) is 9.52 Å². The van der Waals surface area contributed by atoms with Crippen molar-refractivity contribution in [2.45, 2.75) is 11.8 Å². The lowest BCUT2D eigenvalue weighted by molar-refractivity contribution is 0.102. The number of carbonyl (C=O) groups is 1. The maximum Gasteiger partial charge on any atom is 0.261 e. The number of sulfonamides is 1. The van der Waals surface area contributed by atoms with Gasteiger partial charge in [-0.1, -0.05) is 35.3 Å². The van der Waals surface area contributed by atoms with Crippen LogP contribution >= 0.6 is 23.2 Å². The molecule has 0 aliphatic heterocycles. The number of anilines is 2. The summed E-state index contributed by atoms with van der Waals surface area (Å²) in [6, 6.07) is 17.5. The van der Waals surface area contributed by atoms with Gasteiger partial charge in [-0.05, 0) is 67.1 Å². The van der Waals surface area contributed by atoms with E-state index in [2.05, 4.69) is 10.0 Å². The Morgan fingerprint density at radius 1 is 0.893 bits per heavy atom. The Kier molecular flexibility index (Phi) is 5.93. The molecule has 28 heavy (non-hydrogen) atoms. The summed E-state index contributed by atoms with van der Waals surface area (Å²) in [4.78, 5) is 12.4. The second kappa shape index (κ2) is 8.22. The Bertz CT molecular complexity index is 1130. The van der Waals surface area contributed by atoms with Gasteiger partial charge in [0.05, 0.1) is 15.6 Å².